The van der Waals surface area contributed by atoms with Crippen LogP contribution in [0.25, 0.3) is 10.9 Å². The van der Waals surface area contributed by atoms with E-state index in [1.807, 2.05) is 30.3 Å². The van der Waals surface area contributed by atoms with Gasteiger partial charge in [0.25, 0.3) is 5.91 Å². The molecular formula is C14H15N3O2. The number of anilines is 1. The van der Waals surface area contributed by atoms with Crippen LogP contribution in [0, 0.1) is 0 Å². The predicted molar refractivity (Wildman–Crippen MR) is 73.3 cm³/mol. The summed E-state index contributed by atoms with van der Waals surface area (Å²) in [6.45, 7) is 2.75. The second-order valence-corrected chi connectivity index (χ2v) is 4.52. The summed E-state index contributed by atoms with van der Waals surface area (Å²) in [4.78, 5) is 18.3. The Morgan fingerprint density at radius 3 is 2.74 bits per heavy atom. The first-order valence-corrected chi connectivity index (χ1v) is 6.28. The summed E-state index contributed by atoms with van der Waals surface area (Å²) < 4.78 is 5.32. The Labute approximate surface area is 111 Å². The van der Waals surface area contributed by atoms with Crippen LogP contribution in [0.5, 0.6) is 0 Å². The average molecular weight is 257 g/mol. The number of nitrogens with two attached hydrogens (primary N) is 1. The molecule has 1 aliphatic heterocycles. The number of benzene rings is 1. The quantitative estimate of drug-likeness (QED) is 0.877. The van der Waals surface area contributed by atoms with Crippen LogP contribution in [0.3, 0.4) is 0 Å². The molecule has 0 bridgehead atoms. The van der Waals surface area contributed by atoms with E-state index in [0.717, 1.165) is 24.0 Å². The van der Waals surface area contributed by atoms with Crippen LogP contribution in [-0.4, -0.2) is 37.2 Å². The number of hydrogen-bond donors (Lipinski definition) is 1. The highest BCUT2D eigenvalue weighted by atomic mass is 16.5. The molecule has 1 aromatic heterocycles. The minimum Gasteiger partial charge on any atom is -0.378 e. The van der Waals surface area contributed by atoms with Gasteiger partial charge < -0.3 is 15.4 Å². The number of fused-ring (bicyclic) bond motifs is 1. The van der Waals surface area contributed by atoms with Gasteiger partial charge in [-0.2, -0.15) is 0 Å². The third kappa shape index (κ3) is 2.24. The van der Waals surface area contributed by atoms with Crippen LogP contribution < -0.4 is 10.6 Å². The first-order valence-electron chi connectivity index (χ1n) is 6.28. The fourth-order valence-corrected chi connectivity index (χ4v) is 2.30. The summed E-state index contributed by atoms with van der Waals surface area (Å²) in [7, 11) is 0. The molecule has 1 aromatic carbocycles. The number of para-hydroxylation sites is 1. The molecule has 2 aromatic rings. The monoisotopic (exact) mass is 257 g/mol. The van der Waals surface area contributed by atoms with Gasteiger partial charge in [-0.15, -0.1) is 0 Å². The lowest BCUT2D eigenvalue weighted by Crippen LogP contribution is -2.38. The van der Waals surface area contributed by atoms with Crippen LogP contribution in [0.15, 0.2) is 30.3 Å². The van der Waals surface area contributed by atoms with Crippen LogP contribution in [0.4, 0.5) is 5.82 Å². The van der Waals surface area contributed by atoms with Crippen LogP contribution in [0.2, 0.25) is 0 Å². The molecule has 2 N–H and O–H groups in total. The van der Waals surface area contributed by atoms with E-state index in [9.17, 15) is 4.79 Å². The number of hydrogen-bond acceptors (Lipinski definition) is 4. The third-order valence-corrected chi connectivity index (χ3v) is 3.28. The molecule has 0 saturated carbocycles. The molecule has 98 valence electrons. The molecule has 1 aliphatic rings. The van der Waals surface area contributed by atoms with Crippen molar-refractivity contribution in [2.45, 2.75) is 0 Å². The van der Waals surface area contributed by atoms with Crippen molar-refractivity contribution >= 4 is 22.6 Å². The topological polar surface area (TPSA) is 68.5 Å². The Hall–Kier alpha value is -2.14. The zero-order valence-corrected chi connectivity index (χ0v) is 10.5. The van der Waals surface area contributed by atoms with Crippen molar-refractivity contribution in [2.24, 2.45) is 5.73 Å². The van der Waals surface area contributed by atoms with E-state index in [-0.39, 0.29) is 0 Å². The van der Waals surface area contributed by atoms with Gasteiger partial charge >= 0.3 is 0 Å². The Kier molecular flexibility index (Phi) is 3.05. The number of pyridine rings is 1. The first-order chi connectivity index (χ1) is 9.25. The summed E-state index contributed by atoms with van der Waals surface area (Å²) in [6.07, 6.45) is 0. The lowest BCUT2D eigenvalue weighted by Gasteiger charge is -2.29. The van der Waals surface area contributed by atoms with Gasteiger partial charge in [-0.1, -0.05) is 18.2 Å². The normalized spacial score (nSPS) is 15.7. The Bertz CT molecular complexity index is 621. The third-order valence-electron chi connectivity index (χ3n) is 3.28. The van der Waals surface area contributed by atoms with E-state index >= 15 is 0 Å². The van der Waals surface area contributed by atoms with Crippen molar-refractivity contribution in [3.63, 3.8) is 0 Å². The van der Waals surface area contributed by atoms with Crippen molar-refractivity contribution < 1.29 is 9.53 Å². The number of carbonyl (C=O) groups is 1. The smallest absolute Gasteiger partial charge is 0.252 e. The Morgan fingerprint density at radius 1 is 1.26 bits per heavy atom. The highest BCUT2D eigenvalue weighted by Gasteiger charge is 2.19. The standard InChI is InChI=1S/C14H15N3O2/c15-13(18)11-9-10-3-1-2-4-12(10)16-14(11)17-5-7-19-8-6-17/h1-4,9H,5-8H2,(H2,15,18). The number of aromatic nitrogens is 1. The zero-order valence-electron chi connectivity index (χ0n) is 10.5. The van der Waals surface area contributed by atoms with E-state index < -0.39 is 5.91 Å². The molecule has 19 heavy (non-hydrogen) atoms. The molecule has 1 fully saturated rings. The van der Waals surface area contributed by atoms with E-state index in [2.05, 4.69) is 9.88 Å². The van der Waals surface area contributed by atoms with Gasteiger partial charge in [-0.25, -0.2) is 4.98 Å². The summed E-state index contributed by atoms with van der Waals surface area (Å²) in [5.41, 5.74) is 6.82. The molecule has 3 rings (SSSR count). The molecule has 0 spiro atoms. The Morgan fingerprint density at radius 2 is 2.00 bits per heavy atom. The summed E-state index contributed by atoms with van der Waals surface area (Å²) in [5.74, 6) is 0.217. The Balaban J connectivity index is 2.14. The number of ether oxygens (including phenoxy) is 1. The van der Waals surface area contributed by atoms with E-state index in [1.165, 1.54) is 0 Å². The maximum Gasteiger partial charge on any atom is 0.252 e. The first kappa shape index (κ1) is 11.9. The van der Waals surface area contributed by atoms with Gasteiger partial charge in [-0.05, 0) is 12.1 Å². The van der Waals surface area contributed by atoms with Crippen molar-refractivity contribution in [2.75, 3.05) is 31.2 Å². The number of carbonyl (C=O) groups excluding carboxylic acids is 1. The number of primary amides is 1. The number of morpholine rings is 1. The molecule has 0 atom stereocenters. The molecule has 5 nitrogen and oxygen atoms in total. The zero-order chi connectivity index (χ0) is 13.2. The van der Waals surface area contributed by atoms with Gasteiger partial charge in [0.1, 0.15) is 5.82 Å². The van der Waals surface area contributed by atoms with Gasteiger partial charge in [0, 0.05) is 18.5 Å². The van der Waals surface area contributed by atoms with Crippen LogP contribution in [-0.2, 0) is 4.74 Å². The van der Waals surface area contributed by atoms with E-state index in [4.69, 9.17) is 10.5 Å². The molecule has 0 unspecified atom stereocenters. The lowest BCUT2D eigenvalue weighted by atomic mass is 10.1. The van der Waals surface area contributed by atoms with E-state index in [1.54, 1.807) is 0 Å². The summed E-state index contributed by atoms with van der Waals surface area (Å²) >= 11 is 0. The summed E-state index contributed by atoms with van der Waals surface area (Å²) in [5, 5.41) is 0.924. The lowest BCUT2D eigenvalue weighted by molar-refractivity contribution is 0.0998. The molecule has 5 heteroatoms. The van der Waals surface area contributed by atoms with E-state index in [0.29, 0.717) is 24.6 Å². The molecule has 1 amide bonds. The average Bonchev–Trinajstić information content (AvgIpc) is 2.46. The molecule has 2 heterocycles. The molecular weight excluding hydrogens is 242 g/mol. The van der Waals surface area contributed by atoms with Crippen molar-refractivity contribution in [1.82, 2.24) is 4.98 Å². The largest absolute Gasteiger partial charge is 0.378 e. The van der Waals surface area contributed by atoms with Gasteiger partial charge in [-0.3, -0.25) is 4.79 Å². The maximum absolute atomic E-state index is 11.6. The highest BCUT2D eigenvalue weighted by molar-refractivity contribution is 6.01. The van der Waals surface area contributed by atoms with Gasteiger partial charge in [0.2, 0.25) is 0 Å². The maximum atomic E-state index is 11.6. The summed E-state index contributed by atoms with van der Waals surface area (Å²) in [6, 6.07) is 9.53. The minimum atomic E-state index is -0.445. The highest BCUT2D eigenvalue weighted by Crippen LogP contribution is 2.24. The number of rotatable bonds is 2. The minimum absolute atomic E-state index is 0.445. The number of nitrogens with zero attached hydrogens (tertiary/aromatic N) is 2. The van der Waals surface area contributed by atoms with Gasteiger partial charge in [0.15, 0.2) is 0 Å². The molecule has 0 aliphatic carbocycles. The van der Waals surface area contributed by atoms with Gasteiger partial charge in [0.05, 0.1) is 24.3 Å². The SMILES string of the molecule is NC(=O)c1cc2ccccc2nc1N1CCOCC1. The van der Waals surface area contributed by atoms with Crippen LogP contribution in [0.1, 0.15) is 10.4 Å². The predicted octanol–water partition coefficient (Wildman–Crippen LogP) is 1.17. The second-order valence-electron chi connectivity index (χ2n) is 4.52. The molecule has 0 radical (unpaired) electrons. The fraction of sp³-hybridized carbons (Fsp3) is 0.286. The van der Waals surface area contributed by atoms with Crippen molar-refractivity contribution in [3.8, 4) is 0 Å². The van der Waals surface area contributed by atoms with Crippen molar-refractivity contribution in [3.05, 3.63) is 35.9 Å². The van der Waals surface area contributed by atoms with Crippen molar-refractivity contribution in [1.29, 1.82) is 0 Å². The fourth-order valence-electron chi connectivity index (χ4n) is 2.30. The number of amides is 1. The molecule has 1 saturated heterocycles. The van der Waals surface area contributed by atoms with Crippen LogP contribution >= 0.6 is 0 Å². The second kappa shape index (κ2) is 4.85.